The van der Waals surface area contributed by atoms with E-state index in [1.807, 2.05) is 24.8 Å². The van der Waals surface area contributed by atoms with Gasteiger partial charge in [-0.25, -0.2) is 24.6 Å². The van der Waals surface area contributed by atoms with E-state index in [0.29, 0.717) is 22.6 Å². The molecular weight excluding hydrogens is 452 g/mol. The van der Waals surface area contributed by atoms with Crippen LogP contribution in [-0.2, 0) is 6.42 Å². The van der Waals surface area contributed by atoms with Crippen molar-refractivity contribution in [2.75, 3.05) is 19.6 Å². The molecule has 5 heterocycles. The fourth-order valence-corrected chi connectivity index (χ4v) is 4.96. The molecule has 0 bridgehead atoms. The number of aromatic amines is 1. The van der Waals surface area contributed by atoms with Gasteiger partial charge < -0.3 is 9.88 Å². The van der Waals surface area contributed by atoms with Gasteiger partial charge in [-0.3, -0.25) is 4.79 Å². The third-order valence-electron chi connectivity index (χ3n) is 6.95. The number of nitrogens with zero attached hydrogens (tertiary/aromatic N) is 7. The Morgan fingerprint density at radius 1 is 1.00 bits per heavy atom. The fourth-order valence-electron chi connectivity index (χ4n) is 4.96. The normalized spacial score (nSPS) is 14.9. The Morgan fingerprint density at radius 3 is 2.72 bits per heavy atom. The maximum atomic E-state index is 12.1. The minimum absolute atomic E-state index is 0.180. The van der Waals surface area contributed by atoms with Gasteiger partial charge >= 0.3 is 0 Å². The quantitative estimate of drug-likeness (QED) is 0.399. The van der Waals surface area contributed by atoms with Crippen LogP contribution < -0.4 is 5.56 Å². The van der Waals surface area contributed by atoms with Crippen LogP contribution in [0.5, 0.6) is 0 Å². The van der Waals surface area contributed by atoms with Gasteiger partial charge in [-0.05, 0) is 61.0 Å². The van der Waals surface area contributed by atoms with Crippen LogP contribution in [-0.4, -0.2) is 59.2 Å². The second-order valence-electron chi connectivity index (χ2n) is 9.17. The lowest BCUT2D eigenvalue weighted by Crippen LogP contribution is -2.34. The van der Waals surface area contributed by atoms with E-state index in [1.54, 1.807) is 23.3 Å². The van der Waals surface area contributed by atoms with E-state index in [9.17, 15) is 4.79 Å². The van der Waals surface area contributed by atoms with Crippen LogP contribution in [0.25, 0.3) is 27.8 Å². The number of rotatable bonds is 6. The third kappa shape index (κ3) is 4.52. The van der Waals surface area contributed by atoms with Crippen LogP contribution in [0.2, 0.25) is 0 Å². The van der Waals surface area contributed by atoms with Crippen molar-refractivity contribution >= 4 is 10.9 Å². The summed E-state index contributed by atoms with van der Waals surface area (Å²) in [5, 5.41) is 4.99. The van der Waals surface area contributed by atoms with E-state index in [0.717, 1.165) is 50.0 Å². The zero-order chi connectivity index (χ0) is 24.3. The predicted molar refractivity (Wildman–Crippen MR) is 137 cm³/mol. The molecule has 1 saturated heterocycles. The van der Waals surface area contributed by atoms with Crippen LogP contribution in [0.4, 0.5) is 0 Å². The zero-order valence-electron chi connectivity index (χ0n) is 19.8. The Labute approximate surface area is 207 Å². The number of pyridine rings is 1. The highest BCUT2D eigenvalue weighted by atomic mass is 16.1. The van der Waals surface area contributed by atoms with Crippen molar-refractivity contribution in [3.63, 3.8) is 0 Å². The van der Waals surface area contributed by atoms with Crippen molar-refractivity contribution in [1.29, 1.82) is 0 Å². The maximum absolute atomic E-state index is 12.1. The Kier molecular flexibility index (Phi) is 6.05. The second kappa shape index (κ2) is 9.79. The molecule has 0 saturated carbocycles. The molecule has 0 unspecified atom stereocenters. The van der Waals surface area contributed by atoms with Gasteiger partial charge in [0.1, 0.15) is 11.8 Å². The molecule has 0 amide bonds. The summed E-state index contributed by atoms with van der Waals surface area (Å²) in [6, 6.07) is 10.5. The number of piperidine rings is 1. The molecule has 9 heteroatoms. The Hall–Kier alpha value is -4.24. The molecule has 4 aromatic heterocycles. The molecule has 5 aromatic rings. The highest BCUT2D eigenvalue weighted by Gasteiger charge is 2.21. The first-order chi connectivity index (χ1) is 17.7. The number of benzene rings is 1. The summed E-state index contributed by atoms with van der Waals surface area (Å²) in [4.78, 5) is 34.2. The van der Waals surface area contributed by atoms with Crippen LogP contribution in [0, 0.1) is 0 Å². The summed E-state index contributed by atoms with van der Waals surface area (Å²) >= 11 is 0. The first-order valence-electron chi connectivity index (χ1n) is 12.2. The first kappa shape index (κ1) is 22.2. The lowest BCUT2D eigenvalue weighted by molar-refractivity contribution is 0.214. The molecule has 180 valence electrons. The van der Waals surface area contributed by atoms with Crippen molar-refractivity contribution in [1.82, 2.24) is 39.6 Å². The molecule has 0 atom stereocenters. The van der Waals surface area contributed by atoms with Crippen LogP contribution in [0.3, 0.4) is 0 Å². The van der Waals surface area contributed by atoms with Gasteiger partial charge in [0.25, 0.3) is 5.56 Å². The molecule has 36 heavy (non-hydrogen) atoms. The van der Waals surface area contributed by atoms with Crippen LogP contribution in [0.1, 0.15) is 29.9 Å². The van der Waals surface area contributed by atoms with Gasteiger partial charge in [-0.15, -0.1) is 0 Å². The van der Waals surface area contributed by atoms with Crippen molar-refractivity contribution in [3.8, 4) is 16.9 Å². The number of nitrogens with one attached hydrogen (secondary N) is 1. The molecule has 0 aliphatic carbocycles. The van der Waals surface area contributed by atoms with E-state index in [4.69, 9.17) is 0 Å². The van der Waals surface area contributed by atoms with Crippen LogP contribution in [0.15, 0.2) is 78.8 Å². The largest absolute Gasteiger partial charge is 0.313 e. The molecule has 1 aliphatic rings. The maximum Gasteiger partial charge on any atom is 0.258 e. The molecule has 0 spiro atoms. The van der Waals surface area contributed by atoms with Crippen molar-refractivity contribution < 1.29 is 0 Å². The number of hydrogen-bond acceptors (Lipinski definition) is 7. The highest BCUT2D eigenvalue weighted by molar-refractivity contribution is 5.83. The van der Waals surface area contributed by atoms with E-state index in [2.05, 4.69) is 59.2 Å². The lowest BCUT2D eigenvalue weighted by Gasteiger charge is -2.32. The molecule has 1 aliphatic heterocycles. The molecule has 9 nitrogen and oxygen atoms in total. The minimum atomic E-state index is -0.180. The molecule has 0 radical (unpaired) electrons. The number of likely N-dealkylation sites (tertiary alicyclic amines) is 1. The Balaban J connectivity index is 1.07. The van der Waals surface area contributed by atoms with Gasteiger partial charge in [-0.1, -0.05) is 24.3 Å². The summed E-state index contributed by atoms with van der Waals surface area (Å²) in [7, 11) is 0. The zero-order valence-corrected chi connectivity index (χ0v) is 19.8. The Bertz CT molecular complexity index is 1540. The van der Waals surface area contributed by atoms with Gasteiger partial charge in [0.15, 0.2) is 5.82 Å². The van der Waals surface area contributed by atoms with Gasteiger partial charge in [0.05, 0.1) is 17.9 Å². The third-order valence-corrected chi connectivity index (χ3v) is 6.95. The predicted octanol–water partition coefficient (Wildman–Crippen LogP) is 3.38. The van der Waals surface area contributed by atoms with E-state index in [1.165, 1.54) is 17.5 Å². The van der Waals surface area contributed by atoms with E-state index < -0.39 is 0 Å². The average Bonchev–Trinajstić information content (AvgIpc) is 3.42. The lowest BCUT2D eigenvalue weighted by atomic mass is 9.88. The molecule has 1 fully saturated rings. The van der Waals surface area contributed by atoms with E-state index >= 15 is 0 Å². The second-order valence-corrected chi connectivity index (χ2v) is 9.17. The first-order valence-corrected chi connectivity index (χ1v) is 12.2. The summed E-state index contributed by atoms with van der Waals surface area (Å²) in [6.07, 6.45) is 15.4. The van der Waals surface area contributed by atoms with Crippen LogP contribution >= 0.6 is 0 Å². The van der Waals surface area contributed by atoms with Gasteiger partial charge in [0, 0.05) is 36.9 Å². The number of hydrogen-bond donors (Lipinski definition) is 1. The molecule has 6 rings (SSSR count). The standard InChI is InChI=1S/C27H26N8O/c36-27-24-4-8-30-26(25(24)31-18-32-27)35-16-19(13-33-35)5-9-34-10-6-20(7-11-34)21-2-1-3-22(12-21)23-14-28-17-29-15-23/h1-4,8,12-18,20H,5-7,9-11H2,(H,31,32,36). The summed E-state index contributed by atoms with van der Waals surface area (Å²) in [6.45, 7) is 3.14. The van der Waals surface area contributed by atoms with Gasteiger partial charge in [-0.2, -0.15) is 5.10 Å². The van der Waals surface area contributed by atoms with Crippen molar-refractivity contribution in [2.45, 2.75) is 25.2 Å². The monoisotopic (exact) mass is 478 g/mol. The molecule has 1 aromatic carbocycles. The smallest absolute Gasteiger partial charge is 0.258 e. The molecular formula is C27H26N8O. The summed E-state index contributed by atoms with van der Waals surface area (Å²) < 4.78 is 1.71. The minimum Gasteiger partial charge on any atom is -0.313 e. The van der Waals surface area contributed by atoms with Gasteiger partial charge in [0.2, 0.25) is 0 Å². The summed E-state index contributed by atoms with van der Waals surface area (Å²) in [5.41, 5.74) is 5.12. The van der Waals surface area contributed by atoms with E-state index in [-0.39, 0.29) is 5.56 Å². The number of fused-ring (bicyclic) bond motifs is 1. The highest BCUT2D eigenvalue weighted by Crippen LogP contribution is 2.30. The topological polar surface area (TPSA) is 105 Å². The summed E-state index contributed by atoms with van der Waals surface area (Å²) in [5.74, 6) is 1.14. The van der Waals surface area contributed by atoms with Crippen molar-refractivity contribution in [3.05, 3.63) is 95.5 Å². The SMILES string of the molecule is O=c1[nH]cnc2c(-n3cc(CCN4CCC(c5cccc(-c6cncnc6)c5)CC4)cn3)nccc12. The average molecular weight is 479 g/mol. The Morgan fingerprint density at radius 2 is 1.86 bits per heavy atom. The fraction of sp³-hybridized carbons (Fsp3) is 0.259. The number of H-pyrrole nitrogens is 1. The van der Waals surface area contributed by atoms with Crippen molar-refractivity contribution in [2.24, 2.45) is 0 Å². The molecule has 1 N–H and O–H groups in total. The number of aromatic nitrogens is 7.